The highest BCUT2D eigenvalue weighted by molar-refractivity contribution is 7.00. The molecular weight excluding hydrogens is 145 g/mol. The van der Waals surface area contributed by atoms with E-state index in [1.54, 1.807) is 21.3 Å². The summed E-state index contributed by atoms with van der Waals surface area (Å²) in [5.74, 6) is 0. The summed E-state index contributed by atoms with van der Waals surface area (Å²) >= 11 is 0. The molecule has 0 aliphatic heterocycles. The Morgan fingerprint density at radius 3 is 2.00 bits per heavy atom. The first kappa shape index (κ1) is 8.81. The van der Waals surface area contributed by atoms with Crippen molar-refractivity contribution in [2.75, 3.05) is 0 Å². The highest BCUT2D eigenvalue weighted by atomic mass is 31.0. The van der Waals surface area contributed by atoms with Crippen LogP contribution in [0.3, 0.4) is 0 Å². The largest absolute Gasteiger partial charge is 0.279 e. The number of rotatable bonds is 0. The van der Waals surface area contributed by atoms with E-state index in [0.717, 1.165) is 0 Å². The zero-order valence-corrected chi connectivity index (χ0v) is 6.24. The fourth-order valence-electron chi connectivity index (χ4n) is 0.513. The molecule has 1 aromatic carbocycles. The van der Waals surface area contributed by atoms with Gasteiger partial charge in [-0.25, -0.2) is 0 Å². The van der Waals surface area contributed by atoms with Crippen molar-refractivity contribution in [3.63, 3.8) is 0 Å². The van der Waals surface area contributed by atoms with Gasteiger partial charge in [-0.1, -0.05) is 18.2 Å². The van der Waals surface area contributed by atoms with Crippen LogP contribution in [0.15, 0.2) is 30.3 Å². The van der Waals surface area contributed by atoms with Gasteiger partial charge >= 0.3 is 0 Å². The van der Waals surface area contributed by atoms with Crippen molar-refractivity contribution in [3.8, 4) is 6.07 Å². The normalized spacial score (nSPS) is 6.70. The van der Waals surface area contributed by atoms with Crippen LogP contribution < -0.4 is 0 Å². The van der Waals surface area contributed by atoms with Crippen LogP contribution >= 0.6 is 9.12 Å². The molecule has 0 saturated carbocycles. The van der Waals surface area contributed by atoms with Crippen molar-refractivity contribution in [1.82, 2.24) is 0 Å². The van der Waals surface area contributed by atoms with Crippen LogP contribution in [0.2, 0.25) is 0 Å². The summed E-state index contributed by atoms with van der Waals surface area (Å²) in [5.41, 5.74) is 0.715. The molecule has 3 heteroatoms. The summed E-state index contributed by atoms with van der Waals surface area (Å²) in [4.78, 5) is 0. The molecule has 0 radical (unpaired) electrons. The highest BCUT2D eigenvalue weighted by Crippen LogP contribution is 1.92. The monoisotopic (exact) mass is 151 g/mol. The van der Waals surface area contributed by atoms with Crippen LogP contribution in [-0.4, -0.2) is 0 Å². The van der Waals surface area contributed by atoms with Gasteiger partial charge in [-0.15, -0.1) is 0 Å². The van der Waals surface area contributed by atoms with Crippen molar-refractivity contribution in [2.24, 2.45) is 0 Å². The van der Waals surface area contributed by atoms with Crippen molar-refractivity contribution in [2.45, 2.75) is 0 Å². The fraction of sp³-hybridized carbons (Fsp3) is 0. The van der Waals surface area contributed by atoms with Crippen LogP contribution in [0.1, 0.15) is 5.56 Å². The van der Waals surface area contributed by atoms with Gasteiger partial charge in [0.2, 0.25) is 0 Å². The zero-order chi connectivity index (χ0) is 7.82. The lowest BCUT2D eigenvalue weighted by Gasteiger charge is -1.80. The smallest absolute Gasteiger partial charge is 0.138 e. The maximum absolute atomic E-state index is 8.29. The minimum atomic E-state index is 0.715. The predicted molar refractivity (Wildman–Crippen MR) is 40.2 cm³/mol. The molecule has 0 aliphatic rings. The number of nitrogens with zero attached hydrogens (tertiary/aromatic N) is 1. The second kappa shape index (κ2) is 5.94. The molecule has 0 saturated heterocycles. The first-order valence-corrected chi connectivity index (χ1v) is 3.00. The van der Waals surface area contributed by atoms with Crippen molar-refractivity contribution >= 4 is 9.12 Å². The second-order valence-electron chi connectivity index (χ2n) is 1.48. The zero-order valence-electron chi connectivity index (χ0n) is 5.24. The summed E-state index contributed by atoms with van der Waals surface area (Å²) in [6.45, 7) is 0. The van der Waals surface area contributed by atoms with Gasteiger partial charge < -0.3 is 0 Å². The summed E-state index contributed by atoms with van der Waals surface area (Å²) in [6.07, 6.45) is 0. The molecule has 0 aromatic heterocycles. The fourth-order valence-corrected chi connectivity index (χ4v) is 0.513. The number of hydrogen-bond donors (Lipinski definition) is 0. The molecule has 0 fully saturated rings. The van der Waals surface area contributed by atoms with Gasteiger partial charge in [0, 0.05) is 0 Å². The van der Waals surface area contributed by atoms with Gasteiger partial charge in [-0.05, 0) is 12.1 Å². The highest BCUT2D eigenvalue weighted by Gasteiger charge is 1.79. The molecule has 2 nitrogen and oxygen atoms in total. The van der Waals surface area contributed by atoms with Gasteiger partial charge in [0.1, 0.15) is 9.12 Å². The molecule has 0 bridgehead atoms. The van der Waals surface area contributed by atoms with Crippen molar-refractivity contribution in [1.29, 1.82) is 5.26 Å². The molecule has 0 unspecified atom stereocenters. The average molecular weight is 151 g/mol. The SMILES string of the molecule is N#Cc1ccccc1.O=P. The van der Waals surface area contributed by atoms with E-state index in [2.05, 4.69) is 0 Å². The Bertz CT molecular complexity index is 217. The average Bonchev–Trinajstić information content (AvgIpc) is 2.10. The van der Waals surface area contributed by atoms with Crippen LogP contribution in [0, 0.1) is 11.3 Å². The molecule has 0 N–H and O–H groups in total. The summed E-state index contributed by atoms with van der Waals surface area (Å²) in [6, 6.07) is 11.2. The summed E-state index contributed by atoms with van der Waals surface area (Å²) in [5, 5.41) is 8.29. The minimum Gasteiger partial charge on any atom is -0.279 e. The van der Waals surface area contributed by atoms with E-state index < -0.39 is 0 Å². The molecule has 0 spiro atoms. The first-order valence-electron chi connectivity index (χ1n) is 2.59. The number of hydrogen-bond acceptors (Lipinski definition) is 2. The standard InChI is InChI=1S/C7H5N.HOP/c8-6-7-4-2-1-3-5-7;1-2/h1-5H;2H. The topological polar surface area (TPSA) is 40.9 Å². The number of benzene rings is 1. The molecule has 10 heavy (non-hydrogen) atoms. The molecule has 0 amide bonds. The third kappa shape index (κ3) is 2.96. The van der Waals surface area contributed by atoms with Gasteiger partial charge in [0.15, 0.2) is 0 Å². The maximum Gasteiger partial charge on any atom is 0.138 e. The maximum atomic E-state index is 8.29. The lowest BCUT2D eigenvalue weighted by atomic mass is 10.2. The van der Waals surface area contributed by atoms with Crippen LogP contribution in [0.25, 0.3) is 0 Å². The first-order chi connectivity index (χ1) is 4.93. The van der Waals surface area contributed by atoms with Gasteiger partial charge in [0.05, 0.1) is 11.6 Å². The van der Waals surface area contributed by atoms with Crippen LogP contribution in [0.5, 0.6) is 0 Å². The van der Waals surface area contributed by atoms with E-state index in [1.807, 2.05) is 24.3 Å². The molecule has 0 aliphatic carbocycles. The predicted octanol–water partition coefficient (Wildman–Crippen LogP) is 2.03. The Hall–Kier alpha value is -1.19. The molecule has 1 rings (SSSR count). The summed E-state index contributed by atoms with van der Waals surface area (Å²) < 4.78 is 8.06. The Morgan fingerprint density at radius 2 is 1.70 bits per heavy atom. The quantitative estimate of drug-likeness (QED) is 0.532. The van der Waals surface area contributed by atoms with Crippen LogP contribution in [-0.2, 0) is 4.57 Å². The van der Waals surface area contributed by atoms with E-state index in [1.165, 1.54) is 0 Å². The molecule has 50 valence electrons. The molecule has 1 aromatic rings. The van der Waals surface area contributed by atoms with E-state index in [0.29, 0.717) is 5.56 Å². The summed E-state index contributed by atoms with van der Waals surface area (Å²) in [7, 11) is 1.72. The third-order valence-electron chi connectivity index (χ3n) is 0.903. The molecule has 0 atom stereocenters. The van der Waals surface area contributed by atoms with Crippen molar-refractivity contribution in [3.05, 3.63) is 35.9 Å². The van der Waals surface area contributed by atoms with Gasteiger partial charge in [-0.3, -0.25) is 4.57 Å². The Labute approximate surface area is 61.7 Å². The van der Waals surface area contributed by atoms with E-state index in [4.69, 9.17) is 9.83 Å². The van der Waals surface area contributed by atoms with Gasteiger partial charge in [-0.2, -0.15) is 5.26 Å². The molecule has 0 heterocycles. The van der Waals surface area contributed by atoms with E-state index in [-0.39, 0.29) is 0 Å². The second-order valence-corrected chi connectivity index (χ2v) is 1.48. The van der Waals surface area contributed by atoms with E-state index in [9.17, 15) is 0 Å². The lowest BCUT2D eigenvalue weighted by molar-refractivity contribution is 0.607. The number of nitriles is 1. The Kier molecular flexibility index (Phi) is 5.23. The molecular formula is C7H6NOP. The van der Waals surface area contributed by atoms with Gasteiger partial charge in [0.25, 0.3) is 0 Å². The third-order valence-corrected chi connectivity index (χ3v) is 0.903. The van der Waals surface area contributed by atoms with Crippen molar-refractivity contribution < 1.29 is 4.57 Å². The Morgan fingerprint density at radius 1 is 1.20 bits per heavy atom. The van der Waals surface area contributed by atoms with E-state index >= 15 is 0 Å². The van der Waals surface area contributed by atoms with Crippen LogP contribution in [0.4, 0.5) is 0 Å². The Balaban J connectivity index is 0.000000371. The minimum absolute atomic E-state index is 0.715. The lowest BCUT2D eigenvalue weighted by Crippen LogP contribution is -1.66.